The maximum absolute atomic E-state index is 13.1. The van der Waals surface area contributed by atoms with Crippen molar-refractivity contribution in [2.75, 3.05) is 20.1 Å². The van der Waals surface area contributed by atoms with Crippen molar-refractivity contribution in [3.05, 3.63) is 35.4 Å². The Kier molecular flexibility index (Phi) is 4.85. The number of hydrogen-bond acceptors (Lipinski definition) is 2. The van der Waals surface area contributed by atoms with Crippen molar-refractivity contribution < 1.29 is 18.0 Å². The standard InChI is InChI=1S/C18H23F3N2O/c1-22(17(24)13-8-9-13)15-6-4-10-23(12-15)11-14-5-2-3-7-16(14)18(19,20)21/h2-3,5,7,13,15H,4,6,8-12H2,1H3. The number of hydrogen-bond donors (Lipinski definition) is 0. The third-order valence-electron chi connectivity index (χ3n) is 5.02. The van der Waals surface area contributed by atoms with Crippen LogP contribution in [0.4, 0.5) is 13.2 Å². The second-order valence-electron chi connectivity index (χ2n) is 6.91. The second kappa shape index (κ2) is 6.75. The van der Waals surface area contributed by atoms with Crippen LogP contribution in [0.25, 0.3) is 0 Å². The molecule has 1 saturated heterocycles. The molecule has 3 rings (SSSR count). The van der Waals surface area contributed by atoms with Crippen molar-refractivity contribution in [1.29, 1.82) is 0 Å². The molecule has 1 aliphatic heterocycles. The van der Waals surface area contributed by atoms with Gasteiger partial charge in [0, 0.05) is 32.1 Å². The van der Waals surface area contributed by atoms with Gasteiger partial charge in [-0.2, -0.15) is 13.2 Å². The molecule has 0 N–H and O–H groups in total. The number of halogens is 3. The molecule has 1 amide bonds. The zero-order chi connectivity index (χ0) is 17.3. The van der Waals surface area contributed by atoms with Crippen LogP contribution in [0.3, 0.4) is 0 Å². The first kappa shape index (κ1) is 17.3. The van der Waals surface area contributed by atoms with Crippen LogP contribution in [0.5, 0.6) is 0 Å². The van der Waals surface area contributed by atoms with Crippen LogP contribution in [0.15, 0.2) is 24.3 Å². The van der Waals surface area contributed by atoms with E-state index in [-0.39, 0.29) is 24.4 Å². The van der Waals surface area contributed by atoms with E-state index < -0.39 is 11.7 Å². The van der Waals surface area contributed by atoms with E-state index in [9.17, 15) is 18.0 Å². The summed E-state index contributed by atoms with van der Waals surface area (Å²) in [6, 6.07) is 5.86. The Bertz CT molecular complexity index is 598. The molecular weight excluding hydrogens is 317 g/mol. The Labute approximate surface area is 140 Å². The Morgan fingerprint density at radius 2 is 1.96 bits per heavy atom. The van der Waals surface area contributed by atoms with Gasteiger partial charge in [-0.15, -0.1) is 0 Å². The minimum atomic E-state index is -4.33. The molecule has 0 aromatic heterocycles. The summed E-state index contributed by atoms with van der Waals surface area (Å²) in [5.74, 6) is 0.369. The third kappa shape index (κ3) is 3.91. The van der Waals surface area contributed by atoms with E-state index in [2.05, 4.69) is 0 Å². The van der Waals surface area contributed by atoms with E-state index in [0.717, 1.165) is 38.3 Å². The summed E-state index contributed by atoms with van der Waals surface area (Å²) in [7, 11) is 1.83. The first-order chi connectivity index (χ1) is 11.4. The van der Waals surface area contributed by atoms with E-state index in [0.29, 0.717) is 12.1 Å². The molecule has 3 nitrogen and oxygen atoms in total. The molecule has 1 aromatic rings. The van der Waals surface area contributed by atoms with E-state index in [4.69, 9.17) is 0 Å². The molecule has 132 valence electrons. The summed E-state index contributed by atoms with van der Waals surface area (Å²) < 4.78 is 39.4. The van der Waals surface area contributed by atoms with E-state index in [1.807, 2.05) is 16.8 Å². The van der Waals surface area contributed by atoms with Gasteiger partial charge in [-0.1, -0.05) is 18.2 Å². The fraction of sp³-hybridized carbons (Fsp3) is 0.611. The molecule has 24 heavy (non-hydrogen) atoms. The normalized spacial score (nSPS) is 22.4. The Balaban J connectivity index is 1.67. The first-order valence-corrected chi connectivity index (χ1v) is 8.50. The van der Waals surface area contributed by atoms with Crippen molar-refractivity contribution in [3.8, 4) is 0 Å². The SMILES string of the molecule is CN(C(=O)C1CC1)C1CCCN(Cc2ccccc2C(F)(F)F)C1. The molecule has 1 heterocycles. The predicted molar refractivity (Wildman–Crippen MR) is 85.2 cm³/mol. The lowest BCUT2D eigenvalue weighted by atomic mass is 10.0. The second-order valence-corrected chi connectivity index (χ2v) is 6.91. The van der Waals surface area contributed by atoms with Gasteiger partial charge in [0.15, 0.2) is 0 Å². The zero-order valence-electron chi connectivity index (χ0n) is 13.9. The zero-order valence-corrected chi connectivity index (χ0v) is 13.9. The predicted octanol–water partition coefficient (Wildman–Crippen LogP) is 3.54. The third-order valence-corrected chi connectivity index (χ3v) is 5.02. The summed E-state index contributed by atoms with van der Waals surface area (Å²) in [4.78, 5) is 16.1. The topological polar surface area (TPSA) is 23.6 Å². The van der Waals surface area contributed by atoms with E-state index in [1.165, 1.54) is 6.07 Å². The molecule has 0 spiro atoms. The number of carbonyl (C=O) groups is 1. The van der Waals surface area contributed by atoms with Gasteiger partial charge in [-0.3, -0.25) is 9.69 Å². The fourth-order valence-corrected chi connectivity index (χ4v) is 3.46. The number of rotatable bonds is 4. The van der Waals surface area contributed by atoms with Crippen LogP contribution < -0.4 is 0 Å². The van der Waals surface area contributed by atoms with Crippen LogP contribution in [0.2, 0.25) is 0 Å². The molecule has 0 bridgehead atoms. The average molecular weight is 340 g/mol. The fourth-order valence-electron chi connectivity index (χ4n) is 3.46. The summed E-state index contributed by atoms with van der Waals surface area (Å²) in [6.45, 7) is 1.69. The number of nitrogens with zero attached hydrogens (tertiary/aromatic N) is 2. The van der Waals surface area contributed by atoms with E-state index >= 15 is 0 Å². The molecular formula is C18H23F3N2O. The molecule has 6 heteroatoms. The molecule has 2 fully saturated rings. The van der Waals surface area contributed by atoms with Gasteiger partial charge in [0.2, 0.25) is 5.91 Å². The lowest BCUT2D eigenvalue weighted by Gasteiger charge is -2.38. The van der Waals surface area contributed by atoms with Gasteiger partial charge in [0.1, 0.15) is 0 Å². The first-order valence-electron chi connectivity index (χ1n) is 8.50. The highest BCUT2D eigenvalue weighted by atomic mass is 19.4. The van der Waals surface area contributed by atoms with Crippen LogP contribution in [-0.2, 0) is 17.5 Å². The smallest absolute Gasteiger partial charge is 0.341 e. The van der Waals surface area contributed by atoms with Gasteiger partial charge < -0.3 is 4.90 Å². The number of alkyl halides is 3. The number of likely N-dealkylation sites (tertiary alicyclic amines) is 1. The maximum Gasteiger partial charge on any atom is 0.416 e. The highest BCUT2D eigenvalue weighted by Crippen LogP contribution is 2.34. The summed E-state index contributed by atoms with van der Waals surface area (Å²) in [6.07, 6.45) is -0.560. The molecule has 1 unspecified atom stereocenters. The molecule has 0 radical (unpaired) electrons. The van der Waals surface area contributed by atoms with Crippen molar-refractivity contribution in [2.24, 2.45) is 5.92 Å². The minimum absolute atomic E-state index is 0.102. The van der Waals surface area contributed by atoms with Gasteiger partial charge in [-0.05, 0) is 43.9 Å². The van der Waals surface area contributed by atoms with Crippen molar-refractivity contribution >= 4 is 5.91 Å². The summed E-state index contributed by atoms with van der Waals surface area (Å²) in [5.41, 5.74) is -0.253. The van der Waals surface area contributed by atoms with Gasteiger partial charge >= 0.3 is 6.18 Å². The largest absolute Gasteiger partial charge is 0.416 e. The quantitative estimate of drug-likeness (QED) is 0.837. The van der Waals surface area contributed by atoms with Gasteiger partial charge in [0.05, 0.1) is 5.56 Å². The number of piperidine rings is 1. The molecule has 1 atom stereocenters. The van der Waals surface area contributed by atoms with Crippen LogP contribution in [0, 0.1) is 5.92 Å². The highest BCUT2D eigenvalue weighted by Gasteiger charge is 2.37. The van der Waals surface area contributed by atoms with Gasteiger partial charge in [0.25, 0.3) is 0 Å². The van der Waals surface area contributed by atoms with Crippen LogP contribution >= 0.6 is 0 Å². The Hall–Kier alpha value is -1.56. The monoisotopic (exact) mass is 340 g/mol. The summed E-state index contributed by atoms with van der Waals surface area (Å²) in [5, 5.41) is 0. The number of benzene rings is 1. The molecule has 1 saturated carbocycles. The summed E-state index contributed by atoms with van der Waals surface area (Å²) >= 11 is 0. The Morgan fingerprint density at radius 3 is 2.62 bits per heavy atom. The van der Waals surface area contributed by atoms with Crippen molar-refractivity contribution in [1.82, 2.24) is 9.80 Å². The van der Waals surface area contributed by atoms with Gasteiger partial charge in [-0.25, -0.2) is 0 Å². The molecule has 1 aliphatic carbocycles. The number of amides is 1. The number of carbonyl (C=O) groups excluding carboxylic acids is 1. The lowest BCUT2D eigenvalue weighted by molar-refractivity contribution is -0.138. The lowest BCUT2D eigenvalue weighted by Crippen LogP contribution is -2.48. The van der Waals surface area contributed by atoms with Crippen molar-refractivity contribution in [3.63, 3.8) is 0 Å². The van der Waals surface area contributed by atoms with Crippen LogP contribution in [-0.4, -0.2) is 41.9 Å². The highest BCUT2D eigenvalue weighted by molar-refractivity contribution is 5.81. The number of likely N-dealkylation sites (N-methyl/N-ethyl adjacent to an activating group) is 1. The van der Waals surface area contributed by atoms with E-state index in [1.54, 1.807) is 12.1 Å². The van der Waals surface area contributed by atoms with Crippen molar-refractivity contribution in [2.45, 2.75) is 44.4 Å². The molecule has 2 aliphatic rings. The maximum atomic E-state index is 13.1. The molecule has 1 aromatic carbocycles. The average Bonchev–Trinajstić information content (AvgIpc) is 3.38. The Morgan fingerprint density at radius 1 is 1.25 bits per heavy atom. The van der Waals surface area contributed by atoms with Crippen LogP contribution in [0.1, 0.15) is 36.8 Å². The minimum Gasteiger partial charge on any atom is -0.341 e.